The van der Waals surface area contributed by atoms with Crippen LogP contribution < -0.4 is 11.1 Å². The zero-order valence-electron chi connectivity index (χ0n) is 9.19. The van der Waals surface area contributed by atoms with Gasteiger partial charge in [-0.2, -0.15) is 13.2 Å². The second-order valence-electron chi connectivity index (χ2n) is 4.87. The van der Waals surface area contributed by atoms with Crippen molar-refractivity contribution >= 4 is 0 Å². The molecule has 2 saturated heterocycles. The average Bonchev–Trinajstić information content (AvgIpc) is 2.62. The first-order valence-corrected chi connectivity index (χ1v) is 5.69. The van der Waals surface area contributed by atoms with E-state index >= 15 is 0 Å². The van der Waals surface area contributed by atoms with Crippen LogP contribution in [0.5, 0.6) is 0 Å². The highest BCUT2D eigenvalue weighted by atomic mass is 19.4. The van der Waals surface area contributed by atoms with E-state index in [2.05, 4.69) is 10.2 Å². The molecule has 3 unspecified atom stereocenters. The minimum atomic E-state index is -4.15. The summed E-state index contributed by atoms with van der Waals surface area (Å²) in [5.41, 5.74) is 5.21. The third-order valence-corrected chi connectivity index (χ3v) is 3.93. The fourth-order valence-electron chi connectivity index (χ4n) is 2.90. The van der Waals surface area contributed by atoms with E-state index in [9.17, 15) is 13.2 Å². The van der Waals surface area contributed by atoms with E-state index in [0.29, 0.717) is 6.54 Å². The summed E-state index contributed by atoms with van der Waals surface area (Å²) in [7, 11) is 0. The molecule has 0 aromatic heterocycles. The second-order valence-corrected chi connectivity index (χ2v) is 4.87. The van der Waals surface area contributed by atoms with Gasteiger partial charge in [0, 0.05) is 18.6 Å². The van der Waals surface area contributed by atoms with Crippen LogP contribution in [0, 0.1) is 5.92 Å². The summed E-state index contributed by atoms with van der Waals surface area (Å²) in [5, 5.41) is 2.68. The maximum absolute atomic E-state index is 12.2. The molecule has 3 atom stereocenters. The minimum absolute atomic E-state index is 0.272. The van der Waals surface area contributed by atoms with Crippen molar-refractivity contribution < 1.29 is 13.2 Å². The van der Waals surface area contributed by atoms with Crippen molar-refractivity contribution in [2.75, 3.05) is 32.7 Å². The summed E-state index contributed by atoms with van der Waals surface area (Å²) in [6.45, 7) is 2.11. The number of hydrogen-bond acceptors (Lipinski definition) is 3. The van der Waals surface area contributed by atoms with Gasteiger partial charge >= 0.3 is 6.18 Å². The van der Waals surface area contributed by atoms with Crippen molar-refractivity contribution in [2.45, 2.75) is 24.6 Å². The molecule has 2 fully saturated rings. The van der Waals surface area contributed by atoms with E-state index in [0.717, 1.165) is 32.5 Å². The van der Waals surface area contributed by atoms with E-state index in [4.69, 9.17) is 5.73 Å². The van der Waals surface area contributed by atoms with Crippen LogP contribution in [0.15, 0.2) is 0 Å². The topological polar surface area (TPSA) is 41.3 Å². The Balaban J connectivity index is 2.01. The van der Waals surface area contributed by atoms with E-state index < -0.39 is 18.3 Å². The Bertz CT molecular complexity index is 256. The third-order valence-electron chi connectivity index (χ3n) is 3.93. The molecule has 2 rings (SSSR count). The number of rotatable bonds is 3. The number of halogens is 3. The van der Waals surface area contributed by atoms with Crippen molar-refractivity contribution in [1.82, 2.24) is 10.2 Å². The molecule has 0 radical (unpaired) electrons. The van der Waals surface area contributed by atoms with Gasteiger partial charge in [0.1, 0.15) is 0 Å². The van der Waals surface area contributed by atoms with Gasteiger partial charge in [0.2, 0.25) is 0 Å². The Labute approximate surface area is 93.2 Å². The van der Waals surface area contributed by atoms with Crippen molar-refractivity contribution in [3.63, 3.8) is 0 Å². The van der Waals surface area contributed by atoms with Crippen LogP contribution in [-0.2, 0) is 0 Å². The maximum Gasteiger partial charge on any atom is 0.401 e. The minimum Gasteiger partial charge on any atom is -0.329 e. The molecule has 0 aromatic carbocycles. The van der Waals surface area contributed by atoms with Gasteiger partial charge < -0.3 is 16.0 Å². The number of nitrogens with zero attached hydrogens (tertiary/aromatic N) is 1. The van der Waals surface area contributed by atoms with Gasteiger partial charge in [-0.1, -0.05) is 0 Å². The molecule has 0 amide bonds. The highest BCUT2D eigenvalue weighted by Gasteiger charge is 2.46. The van der Waals surface area contributed by atoms with Crippen LogP contribution in [0.1, 0.15) is 12.8 Å². The van der Waals surface area contributed by atoms with E-state index in [-0.39, 0.29) is 5.92 Å². The average molecular weight is 237 g/mol. The van der Waals surface area contributed by atoms with E-state index in [1.54, 1.807) is 0 Å². The molecule has 2 aliphatic heterocycles. The van der Waals surface area contributed by atoms with Crippen molar-refractivity contribution in [3.05, 3.63) is 0 Å². The Morgan fingerprint density at radius 3 is 2.75 bits per heavy atom. The van der Waals surface area contributed by atoms with Gasteiger partial charge in [0.05, 0.1) is 6.54 Å². The highest BCUT2D eigenvalue weighted by molar-refractivity contribution is 5.04. The van der Waals surface area contributed by atoms with Gasteiger partial charge in [-0.25, -0.2) is 0 Å². The summed E-state index contributed by atoms with van der Waals surface area (Å²) in [6, 6.07) is 0. The molecule has 6 heteroatoms. The number of hydrogen-bond donors (Lipinski definition) is 2. The summed E-state index contributed by atoms with van der Waals surface area (Å²) in [4.78, 5) is 2.30. The molecule has 2 aliphatic rings. The summed E-state index contributed by atoms with van der Waals surface area (Å²) >= 11 is 0. The lowest BCUT2D eigenvalue weighted by atomic mass is 9.78. The molecular formula is C10H18F3N3. The van der Waals surface area contributed by atoms with Crippen molar-refractivity contribution in [3.8, 4) is 0 Å². The van der Waals surface area contributed by atoms with Crippen LogP contribution in [0.4, 0.5) is 13.2 Å². The number of piperidine rings is 1. The van der Waals surface area contributed by atoms with Gasteiger partial charge in [0.25, 0.3) is 0 Å². The molecule has 3 N–H and O–H groups in total. The van der Waals surface area contributed by atoms with Crippen LogP contribution in [0.3, 0.4) is 0 Å². The number of nitrogens with one attached hydrogen (secondary N) is 1. The molecule has 16 heavy (non-hydrogen) atoms. The normalized spacial score (nSPS) is 39.0. The predicted molar refractivity (Wildman–Crippen MR) is 55.0 cm³/mol. The molecule has 94 valence electrons. The van der Waals surface area contributed by atoms with Crippen LogP contribution in [0.25, 0.3) is 0 Å². The van der Waals surface area contributed by atoms with E-state index in [1.165, 1.54) is 0 Å². The molecule has 0 aliphatic carbocycles. The number of fused-ring (bicyclic) bond motifs is 2. The van der Waals surface area contributed by atoms with Gasteiger partial charge in [-0.05, 0) is 31.8 Å². The Morgan fingerprint density at radius 1 is 1.38 bits per heavy atom. The first-order valence-electron chi connectivity index (χ1n) is 5.69. The first kappa shape index (κ1) is 12.1. The van der Waals surface area contributed by atoms with Crippen molar-refractivity contribution in [2.24, 2.45) is 11.7 Å². The monoisotopic (exact) mass is 237 g/mol. The van der Waals surface area contributed by atoms with Crippen LogP contribution >= 0.6 is 0 Å². The quantitative estimate of drug-likeness (QED) is 0.753. The summed E-state index contributed by atoms with van der Waals surface area (Å²) < 4.78 is 36.7. The molecule has 0 saturated carbocycles. The first-order chi connectivity index (χ1) is 7.45. The second kappa shape index (κ2) is 4.16. The SMILES string of the molecule is NCC1(NCC(F)(F)F)CCN2CCC1C2. The molecule has 0 aromatic rings. The largest absolute Gasteiger partial charge is 0.401 e. The highest BCUT2D eigenvalue weighted by Crippen LogP contribution is 2.35. The number of alkyl halides is 3. The molecular weight excluding hydrogens is 219 g/mol. The molecule has 3 nitrogen and oxygen atoms in total. The van der Waals surface area contributed by atoms with Gasteiger partial charge in [0.15, 0.2) is 0 Å². The third kappa shape index (κ3) is 2.33. The van der Waals surface area contributed by atoms with Gasteiger partial charge in [-0.15, -0.1) is 0 Å². The maximum atomic E-state index is 12.2. The molecule has 2 bridgehead atoms. The fourth-order valence-corrected chi connectivity index (χ4v) is 2.90. The van der Waals surface area contributed by atoms with E-state index in [1.807, 2.05) is 0 Å². The Morgan fingerprint density at radius 2 is 2.12 bits per heavy atom. The number of nitrogens with two attached hydrogens (primary N) is 1. The molecule has 0 spiro atoms. The predicted octanol–water partition coefficient (Wildman–Crippen LogP) is 0.561. The van der Waals surface area contributed by atoms with Crippen LogP contribution in [0.2, 0.25) is 0 Å². The van der Waals surface area contributed by atoms with Gasteiger partial charge in [-0.3, -0.25) is 0 Å². The molecule has 2 heterocycles. The lowest BCUT2D eigenvalue weighted by molar-refractivity contribution is -0.130. The van der Waals surface area contributed by atoms with Crippen molar-refractivity contribution in [1.29, 1.82) is 0 Å². The smallest absolute Gasteiger partial charge is 0.329 e. The zero-order valence-corrected chi connectivity index (χ0v) is 9.19. The lowest BCUT2D eigenvalue weighted by Crippen LogP contribution is -2.62. The zero-order chi connectivity index (χ0) is 11.8. The fraction of sp³-hybridized carbons (Fsp3) is 1.00. The summed E-state index contributed by atoms with van der Waals surface area (Å²) in [6.07, 6.45) is -2.47. The Hall–Kier alpha value is -0.330. The van der Waals surface area contributed by atoms with Crippen LogP contribution in [-0.4, -0.2) is 49.3 Å². The summed E-state index contributed by atoms with van der Waals surface area (Å²) in [5.74, 6) is 0.272. The Kier molecular flexibility index (Phi) is 3.16. The lowest BCUT2D eigenvalue weighted by Gasteiger charge is -2.43. The standard InChI is InChI=1S/C10H18F3N3/c11-10(12,13)7-15-9(6-14)2-4-16-3-1-8(9)5-16/h8,15H,1-7,14H2.